The highest BCUT2D eigenvalue weighted by Crippen LogP contribution is 2.35. The van der Waals surface area contributed by atoms with Gasteiger partial charge in [0.1, 0.15) is 10.3 Å². The number of hydrogen-bond donors (Lipinski definition) is 0. The van der Waals surface area contributed by atoms with Crippen molar-refractivity contribution in [3.63, 3.8) is 0 Å². The van der Waals surface area contributed by atoms with Gasteiger partial charge in [-0.05, 0) is 73.0 Å². The van der Waals surface area contributed by atoms with Crippen LogP contribution in [0.15, 0.2) is 58.4 Å². The van der Waals surface area contributed by atoms with Gasteiger partial charge in [-0.1, -0.05) is 23.5 Å². The number of anilines is 1. The van der Waals surface area contributed by atoms with Gasteiger partial charge in [0.15, 0.2) is 5.13 Å². The molecule has 0 spiro atoms. The largest absolute Gasteiger partial charge is 0.282 e. The second kappa shape index (κ2) is 9.18. The monoisotopic (exact) mass is 512 g/mol. The van der Waals surface area contributed by atoms with Gasteiger partial charge in [-0.2, -0.15) is 4.31 Å². The number of carbonyl (C=O) groups excluding carboxylic acids is 1. The molecule has 1 aliphatic rings. The van der Waals surface area contributed by atoms with E-state index >= 15 is 0 Å². The Morgan fingerprint density at radius 1 is 1.21 bits per heavy atom. The fraction of sp³-hybridized carbons (Fsp3) is 0.292. The van der Waals surface area contributed by atoms with Gasteiger partial charge in [-0.3, -0.25) is 14.7 Å². The Labute approximate surface area is 206 Å². The Bertz CT molecular complexity index is 1430. The molecule has 34 heavy (non-hydrogen) atoms. The minimum Gasteiger partial charge on any atom is -0.282 e. The van der Waals surface area contributed by atoms with E-state index in [0.29, 0.717) is 31.1 Å². The topological polar surface area (TPSA) is 83.5 Å². The number of thiazole rings is 1. The lowest BCUT2D eigenvalue weighted by atomic mass is 10.1. The Morgan fingerprint density at radius 3 is 2.74 bits per heavy atom. The molecule has 1 atom stereocenters. The van der Waals surface area contributed by atoms with Gasteiger partial charge in [-0.15, -0.1) is 11.3 Å². The Hall–Kier alpha value is -2.66. The number of fused-ring (bicyclic) bond motifs is 1. The number of hydrogen-bond acceptors (Lipinski definition) is 7. The van der Waals surface area contributed by atoms with Crippen LogP contribution in [0.5, 0.6) is 0 Å². The maximum atomic E-state index is 14.0. The fourth-order valence-electron chi connectivity index (χ4n) is 4.37. The van der Waals surface area contributed by atoms with Crippen LogP contribution in [-0.2, 0) is 21.4 Å². The molecule has 10 heteroatoms. The zero-order valence-corrected chi connectivity index (χ0v) is 21.3. The smallest absolute Gasteiger partial charge is 0.253 e. The molecule has 0 aliphatic carbocycles. The molecule has 0 radical (unpaired) electrons. The summed E-state index contributed by atoms with van der Waals surface area (Å²) in [6.07, 6.45) is 4.50. The summed E-state index contributed by atoms with van der Waals surface area (Å²) in [6.45, 7) is 4.69. The van der Waals surface area contributed by atoms with Crippen LogP contribution in [0.4, 0.5) is 5.13 Å². The number of benzene rings is 1. The average molecular weight is 513 g/mol. The molecule has 5 rings (SSSR count). The van der Waals surface area contributed by atoms with Gasteiger partial charge < -0.3 is 0 Å². The van der Waals surface area contributed by atoms with E-state index in [1.54, 1.807) is 34.8 Å². The van der Waals surface area contributed by atoms with Crippen molar-refractivity contribution >= 4 is 54.0 Å². The van der Waals surface area contributed by atoms with E-state index in [1.807, 2.05) is 32.0 Å². The molecule has 176 valence electrons. The predicted octanol–water partition coefficient (Wildman–Crippen LogP) is 4.76. The summed E-state index contributed by atoms with van der Waals surface area (Å²) in [5.74, 6) is -0.247. The summed E-state index contributed by atoms with van der Waals surface area (Å²) in [7, 11) is -3.74. The minimum atomic E-state index is -3.74. The maximum absolute atomic E-state index is 14.0. The number of aryl methyl sites for hydroxylation is 2. The SMILES string of the molecule is Cc1cc(C)c2sc(N(Cc3ccncc3)C(=O)C3CCCN3S(=O)(=O)c3cccs3)nc2c1. The van der Waals surface area contributed by atoms with Crippen LogP contribution in [0.2, 0.25) is 0 Å². The van der Waals surface area contributed by atoms with Crippen molar-refractivity contribution in [2.24, 2.45) is 0 Å². The van der Waals surface area contributed by atoms with Crippen molar-refractivity contribution in [2.45, 2.75) is 43.5 Å². The number of aromatic nitrogens is 2. The van der Waals surface area contributed by atoms with Gasteiger partial charge in [0.05, 0.1) is 16.8 Å². The summed E-state index contributed by atoms with van der Waals surface area (Å²) >= 11 is 2.64. The fourth-order valence-corrected chi connectivity index (χ4v) is 8.16. The highest BCUT2D eigenvalue weighted by Gasteiger charge is 2.42. The van der Waals surface area contributed by atoms with Gasteiger partial charge in [0, 0.05) is 18.9 Å². The van der Waals surface area contributed by atoms with E-state index in [2.05, 4.69) is 11.1 Å². The number of sulfonamides is 1. The first-order chi connectivity index (χ1) is 16.3. The lowest BCUT2D eigenvalue weighted by molar-refractivity contribution is -0.121. The molecule has 4 aromatic rings. The molecule has 0 bridgehead atoms. The molecule has 1 aliphatic heterocycles. The summed E-state index contributed by atoms with van der Waals surface area (Å²) in [5.41, 5.74) is 3.97. The normalized spacial score (nSPS) is 16.8. The van der Waals surface area contributed by atoms with Crippen LogP contribution in [0.1, 0.15) is 29.5 Å². The molecule has 1 unspecified atom stereocenters. The van der Waals surface area contributed by atoms with E-state index in [9.17, 15) is 13.2 Å². The lowest BCUT2D eigenvalue weighted by Crippen LogP contribution is -2.47. The third-order valence-corrected chi connectivity index (χ3v) is 10.5. The van der Waals surface area contributed by atoms with Crippen LogP contribution < -0.4 is 4.90 Å². The molecule has 1 fully saturated rings. The summed E-state index contributed by atoms with van der Waals surface area (Å²) in [5, 5.41) is 2.31. The lowest BCUT2D eigenvalue weighted by Gasteiger charge is -2.28. The maximum Gasteiger partial charge on any atom is 0.253 e. The van der Waals surface area contributed by atoms with E-state index in [0.717, 1.165) is 26.9 Å². The third-order valence-electron chi connectivity index (χ3n) is 5.94. The van der Waals surface area contributed by atoms with Crippen molar-refractivity contribution in [3.05, 3.63) is 70.9 Å². The molecule has 0 saturated carbocycles. The van der Waals surface area contributed by atoms with E-state index in [4.69, 9.17) is 4.98 Å². The van der Waals surface area contributed by atoms with Crippen LogP contribution in [0.3, 0.4) is 0 Å². The zero-order chi connectivity index (χ0) is 23.9. The molecule has 4 heterocycles. The van der Waals surface area contributed by atoms with Crippen molar-refractivity contribution in [3.8, 4) is 0 Å². The number of pyridine rings is 1. The first-order valence-corrected chi connectivity index (χ1v) is 14.1. The second-order valence-corrected chi connectivity index (χ2v) is 12.5. The first-order valence-electron chi connectivity index (χ1n) is 11.0. The minimum absolute atomic E-state index is 0.247. The molecule has 0 N–H and O–H groups in total. The number of carbonyl (C=O) groups is 1. The standard InChI is InChI=1S/C24H24N4O3S3/c1-16-13-17(2)22-19(14-16)26-24(33-22)27(15-18-7-9-25-10-8-18)23(29)20-5-3-11-28(20)34(30,31)21-6-4-12-32-21/h4,6-10,12-14,20H,3,5,11,15H2,1-2H3. The molecule has 1 aromatic carbocycles. The van der Waals surface area contributed by atoms with Crippen LogP contribution in [-0.4, -0.2) is 41.2 Å². The van der Waals surface area contributed by atoms with Crippen LogP contribution >= 0.6 is 22.7 Å². The molecule has 7 nitrogen and oxygen atoms in total. The number of thiophene rings is 1. The second-order valence-electron chi connectivity index (χ2n) is 8.41. The van der Waals surface area contributed by atoms with Crippen molar-refractivity contribution in [1.82, 2.24) is 14.3 Å². The van der Waals surface area contributed by atoms with Crippen LogP contribution in [0, 0.1) is 13.8 Å². The summed E-state index contributed by atoms with van der Waals surface area (Å²) < 4.78 is 29.2. The Kier molecular flexibility index (Phi) is 6.24. The highest BCUT2D eigenvalue weighted by molar-refractivity contribution is 7.91. The van der Waals surface area contributed by atoms with Crippen molar-refractivity contribution < 1.29 is 13.2 Å². The van der Waals surface area contributed by atoms with E-state index in [-0.39, 0.29) is 10.1 Å². The van der Waals surface area contributed by atoms with Crippen molar-refractivity contribution in [2.75, 3.05) is 11.4 Å². The highest BCUT2D eigenvalue weighted by atomic mass is 32.2. The van der Waals surface area contributed by atoms with Gasteiger partial charge in [0.25, 0.3) is 10.0 Å². The number of rotatable bonds is 6. The number of amides is 1. The third kappa shape index (κ3) is 4.26. The van der Waals surface area contributed by atoms with E-state index < -0.39 is 16.1 Å². The van der Waals surface area contributed by atoms with Crippen LogP contribution in [0.25, 0.3) is 10.2 Å². The zero-order valence-electron chi connectivity index (χ0n) is 18.8. The van der Waals surface area contributed by atoms with Crippen molar-refractivity contribution in [1.29, 1.82) is 0 Å². The van der Waals surface area contributed by atoms with E-state index in [1.165, 1.54) is 27.0 Å². The molecule has 1 saturated heterocycles. The summed E-state index contributed by atoms with van der Waals surface area (Å²) in [4.78, 5) is 24.5. The predicted molar refractivity (Wildman–Crippen MR) is 136 cm³/mol. The Morgan fingerprint density at radius 2 is 2.00 bits per heavy atom. The first kappa shape index (κ1) is 23.1. The van der Waals surface area contributed by atoms with Gasteiger partial charge in [0.2, 0.25) is 5.91 Å². The van der Waals surface area contributed by atoms with Gasteiger partial charge >= 0.3 is 0 Å². The Balaban J connectivity index is 1.55. The molecule has 1 amide bonds. The molecular weight excluding hydrogens is 488 g/mol. The molecule has 3 aromatic heterocycles. The summed E-state index contributed by atoms with van der Waals surface area (Å²) in [6, 6.07) is 10.4. The average Bonchev–Trinajstić information content (AvgIpc) is 3.58. The quantitative estimate of drug-likeness (QED) is 0.372. The molecular formula is C24H24N4O3S3. The number of nitrogens with zero attached hydrogens (tertiary/aromatic N) is 4. The van der Waals surface area contributed by atoms with Gasteiger partial charge in [-0.25, -0.2) is 13.4 Å².